The number of carbonyl (C=O) groups is 1. The second kappa shape index (κ2) is 8.55. The van der Waals surface area contributed by atoms with E-state index in [0.717, 1.165) is 23.2 Å². The molecule has 0 aliphatic rings. The fraction of sp³-hybridized carbons (Fsp3) is 0.304. The first-order valence-corrected chi connectivity index (χ1v) is 9.77. The van der Waals surface area contributed by atoms with Crippen LogP contribution in [0.3, 0.4) is 0 Å². The molecular formula is C23H25F3N4O. The van der Waals surface area contributed by atoms with Crippen molar-refractivity contribution in [2.75, 3.05) is 31.7 Å². The summed E-state index contributed by atoms with van der Waals surface area (Å²) in [7, 11) is 3.64. The number of pyridine rings is 1. The molecule has 2 aromatic carbocycles. The van der Waals surface area contributed by atoms with E-state index in [1.54, 1.807) is 30.0 Å². The lowest BCUT2D eigenvalue weighted by Gasteiger charge is -2.20. The number of nitrogens with one attached hydrogen (secondary N) is 1. The Kier molecular flexibility index (Phi) is 6.22. The lowest BCUT2D eigenvalue weighted by Crippen LogP contribution is -2.21. The summed E-state index contributed by atoms with van der Waals surface area (Å²) in [5.74, 6) is -0.0304. The summed E-state index contributed by atoms with van der Waals surface area (Å²) >= 11 is 0. The third kappa shape index (κ3) is 5.32. The van der Waals surface area contributed by atoms with Crippen LogP contribution in [0.2, 0.25) is 0 Å². The summed E-state index contributed by atoms with van der Waals surface area (Å²) in [6.45, 7) is 3.87. The number of likely N-dealkylation sites (N-methyl/N-ethyl adjacent to an activating group) is 1. The Morgan fingerprint density at radius 1 is 1.16 bits per heavy atom. The Morgan fingerprint density at radius 3 is 2.52 bits per heavy atom. The average molecular weight is 430 g/mol. The summed E-state index contributed by atoms with van der Waals surface area (Å²) < 4.78 is 39.6. The smallest absolute Gasteiger partial charge is 0.399 e. The van der Waals surface area contributed by atoms with Crippen molar-refractivity contribution in [1.29, 1.82) is 0 Å². The maximum Gasteiger partial charge on any atom is 0.416 e. The van der Waals surface area contributed by atoms with Gasteiger partial charge >= 0.3 is 6.18 Å². The highest BCUT2D eigenvalue weighted by Crippen LogP contribution is 2.34. The molecule has 1 unspecified atom stereocenters. The van der Waals surface area contributed by atoms with Crippen LogP contribution in [-0.2, 0) is 6.18 Å². The first kappa shape index (κ1) is 22.6. The first-order chi connectivity index (χ1) is 14.4. The number of nitrogens with zero attached hydrogens (tertiary/aromatic N) is 2. The van der Waals surface area contributed by atoms with Crippen molar-refractivity contribution in [1.82, 2.24) is 9.88 Å². The van der Waals surface area contributed by atoms with Crippen LogP contribution >= 0.6 is 0 Å². The van der Waals surface area contributed by atoms with Crippen LogP contribution in [0, 0.1) is 6.92 Å². The number of nitrogen functional groups attached to an aromatic ring is 1. The van der Waals surface area contributed by atoms with Crippen molar-refractivity contribution in [3.63, 3.8) is 0 Å². The molecule has 0 amide bonds. The number of ketones is 1. The molecule has 0 saturated heterocycles. The number of aromatic nitrogens is 1. The zero-order valence-corrected chi connectivity index (χ0v) is 17.8. The van der Waals surface area contributed by atoms with Crippen LogP contribution in [0.5, 0.6) is 0 Å². The molecule has 5 nitrogen and oxygen atoms in total. The summed E-state index contributed by atoms with van der Waals surface area (Å²) in [5.41, 5.74) is 8.06. The maximum absolute atomic E-state index is 13.2. The lowest BCUT2D eigenvalue weighted by molar-refractivity contribution is -0.137. The van der Waals surface area contributed by atoms with Gasteiger partial charge in [-0.2, -0.15) is 13.2 Å². The van der Waals surface area contributed by atoms with Crippen molar-refractivity contribution in [3.05, 3.63) is 64.8 Å². The molecule has 8 heteroatoms. The van der Waals surface area contributed by atoms with Gasteiger partial charge in [-0.15, -0.1) is 0 Å². The van der Waals surface area contributed by atoms with Gasteiger partial charge in [-0.05, 0) is 76.0 Å². The van der Waals surface area contributed by atoms with E-state index in [9.17, 15) is 18.0 Å². The van der Waals surface area contributed by atoms with Gasteiger partial charge in [0.05, 0.1) is 17.6 Å². The molecule has 0 bridgehead atoms. The van der Waals surface area contributed by atoms with Crippen LogP contribution in [0.1, 0.15) is 40.1 Å². The quantitative estimate of drug-likeness (QED) is 0.422. The molecule has 1 atom stereocenters. The van der Waals surface area contributed by atoms with E-state index in [0.29, 0.717) is 22.3 Å². The van der Waals surface area contributed by atoms with Gasteiger partial charge in [-0.3, -0.25) is 9.78 Å². The minimum Gasteiger partial charge on any atom is -0.399 e. The van der Waals surface area contributed by atoms with Crippen LogP contribution in [0.15, 0.2) is 42.5 Å². The van der Waals surface area contributed by atoms with E-state index in [-0.39, 0.29) is 18.0 Å². The van der Waals surface area contributed by atoms with E-state index < -0.39 is 17.8 Å². The average Bonchev–Trinajstić information content (AvgIpc) is 2.65. The molecular weight excluding hydrogens is 405 g/mol. The Balaban J connectivity index is 2.00. The van der Waals surface area contributed by atoms with Gasteiger partial charge in [0.2, 0.25) is 0 Å². The Labute approximate surface area is 179 Å². The Morgan fingerprint density at radius 2 is 1.87 bits per heavy atom. The first-order valence-electron chi connectivity index (χ1n) is 9.77. The van der Waals surface area contributed by atoms with E-state index in [4.69, 9.17) is 5.73 Å². The van der Waals surface area contributed by atoms with E-state index >= 15 is 0 Å². The molecule has 3 N–H and O–H groups in total. The number of hydrogen-bond acceptors (Lipinski definition) is 5. The van der Waals surface area contributed by atoms with Crippen molar-refractivity contribution < 1.29 is 18.0 Å². The van der Waals surface area contributed by atoms with Gasteiger partial charge in [-0.1, -0.05) is 0 Å². The molecule has 0 radical (unpaired) electrons. The summed E-state index contributed by atoms with van der Waals surface area (Å²) in [6, 6.07) is 10.2. The maximum atomic E-state index is 13.2. The molecule has 0 fully saturated rings. The van der Waals surface area contributed by atoms with Crippen molar-refractivity contribution in [3.8, 4) is 0 Å². The summed E-state index contributed by atoms with van der Waals surface area (Å²) in [4.78, 5) is 18.8. The predicted octanol–water partition coefficient (Wildman–Crippen LogP) is 5.06. The van der Waals surface area contributed by atoms with Crippen molar-refractivity contribution in [2.45, 2.75) is 26.1 Å². The molecule has 1 heterocycles. The summed E-state index contributed by atoms with van der Waals surface area (Å²) in [6.07, 6.45) is -4.48. The van der Waals surface area contributed by atoms with Crippen LogP contribution in [0.25, 0.3) is 10.9 Å². The van der Waals surface area contributed by atoms with Gasteiger partial charge < -0.3 is 16.0 Å². The van der Waals surface area contributed by atoms with E-state index in [1.165, 1.54) is 6.07 Å². The van der Waals surface area contributed by atoms with Crippen molar-refractivity contribution in [2.24, 2.45) is 0 Å². The number of hydrogen-bond donors (Lipinski definition) is 2. The number of anilines is 2. The summed E-state index contributed by atoms with van der Waals surface area (Å²) in [5, 5.41) is 3.99. The van der Waals surface area contributed by atoms with Gasteiger partial charge in [0.25, 0.3) is 0 Å². The van der Waals surface area contributed by atoms with Crippen LogP contribution in [-0.4, -0.2) is 36.3 Å². The molecule has 1 aromatic heterocycles. The minimum atomic E-state index is -4.48. The van der Waals surface area contributed by atoms with Crippen LogP contribution in [0.4, 0.5) is 24.5 Å². The second-order valence-corrected chi connectivity index (χ2v) is 7.96. The number of benzene rings is 2. The number of rotatable bonds is 6. The fourth-order valence-electron chi connectivity index (χ4n) is 3.44. The second-order valence-electron chi connectivity index (χ2n) is 7.96. The highest BCUT2D eigenvalue weighted by molar-refractivity contribution is 6.03. The van der Waals surface area contributed by atoms with Gasteiger partial charge in [0.1, 0.15) is 0 Å². The molecule has 31 heavy (non-hydrogen) atoms. The number of alkyl halides is 3. The molecule has 164 valence electrons. The number of Topliss-reactive ketones (excluding diaryl/α,β-unsaturated/α-hetero) is 1. The molecule has 3 rings (SSSR count). The number of carbonyl (C=O) groups excluding carboxylic acids is 1. The Bertz CT molecular complexity index is 1130. The molecule has 0 spiro atoms. The molecule has 0 saturated carbocycles. The van der Waals surface area contributed by atoms with Gasteiger partial charge in [0, 0.05) is 34.1 Å². The zero-order chi connectivity index (χ0) is 22.9. The standard InChI is InChI=1S/C23H25F3N4O/c1-13-7-21(19-10-15(5-6-20(19)28-13)22(31)12-30(3)4)29-14(2)16-8-17(23(24,25)26)11-18(27)9-16/h5-11,14H,12,27H2,1-4H3,(H,28,29). The fourth-order valence-corrected chi connectivity index (χ4v) is 3.44. The highest BCUT2D eigenvalue weighted by atomic mass is 19.4. The van der Waals surface area contributed by atoms with E-state index in [2.05, 4.69) is 10.3 Å². The number of aryl methyl sites for hydroxylation is 1. The lowest BCUT2D eigenvalue weighted by atomic mass is 10.0. The number of nitrogens with two attached hydrogens (primary N) is 1. The largest absolute Gasteiger partial charge is 0.416 e. The monoisotopic (exact) mass is 430 g/mol. The Hall–Kier alpha value is -3.13. The zero-order valence-electron chi connectivity index (χ0n) is 17.8. The number of fused-ring (bicyclic) bond motifs is 1. The normalized spacial score (nSPS) is 12.9. The number of halogens is 3. The van der Waals surface area contributed by atoms with Gasteiger partial charge in [0.15, 0.2) is 5.78 Å². The molecule has 3 aromatic rings. The van der Waals surface area contributed by atoms with E-state index in [1.807, 2.05) is 27.1 Å². The topological polar surface area (TPSA) is 71.2 Å². The molecule has 0 aliphatic heterocycles. The predicted molar refractivity (Wildman–Crippen MR) is 117 cm³/mol. The third-order valence-corrected chi connectivity index (χ3v) is 4.90. The van der Waals surface area contributed by atoms with Crippen molar-refractivity contribution >= 4 is 28.1 Å². The third-order valence-electron chi connectivity index (χ3n) is 4.90. The highest BCUT2D eigenvalue weighted by Gasteiger charge is 2.31. The van der Waals surface area contributed by atoms with Gasteiger partial charge in [-0.25, -0.2) is 0 Å². The molecule has 0 aliphatic carbocycles. The van der Waals surface area contributed by atoms with Crippen LogP contribution < -0.4 is 11.1 Å². The SMILES string of the molecule is Cc1cc(NC(C)c2cc(N)cc(C(F)(F)F)c2)c2cc(C(=O)CN(C)C)ccc2n1. The minimum absolute atomic E-state index is 0.0304.